The Morgan fingerprint density at radius 2 is 1.70 bits per heavy atom. The smallest absolute Gasteiger partial charge is 0.313 e. The van der Waals surface area contributed by atoms with Crippen molar-refractivity contribution < 1.29 is 23.9 Å². The number of aryl methyl sites for hydroxylation is 1. The lowest BCUT2D eigenvalue weighted by atomic mass is 9.89. The molecule has 0 saturated heterocycles. The molecule has 0 aromatic carbocycles. The summed E-state index contributed by atoms with van der Waals surface area (Å²) in [6.45, 7) is 14.5. The van der Waals surface area contributed by atoms with Gasteiger partial charge in [-0.1, -0.05) is 46.8 Å². The highest BCUT2D eigenvalue weighted by Gasteiger charge is 2.14. The van der Waals surface area contributed by atoms with E-state index in [1.54, 1.807) is 4.68 Å². The molecule has 1 N–H and O–H groups in total. The molecule has 0 aliphatic heterocycles. The third-order valence-electron chi connectivity index (χ3n) is 4.81. The molecular formula is C24H42N4O5. The number of ketones is 1. The number of esters is 1. The maximum atomic E-state index is 11.8. The Morgan fingerprint density at radius 1 is 1.00 bits per heavy atom. The van der Waals surface area contributed by atoms with Gasteiger partial charge in [-0.25, -0.2) is 0 Å². The van der Waals surface area contributed by atoms with Crippen LogP contribution in [-0.4, -0.2) is 52.4 Å². The number of carbonyl (C=O) groups excluding carboxylic acids is 3. The van der Waals surface area contributed by atoms with Crippen LogP contribution in [0.15, 0.2) is 6.20 Å². The fourth-order valence-electron chi connectivity index (χ4n) is 2.87. The van der Waals surface area contributed by atoms with Crippen LogP contribution in [0.3, 0.4) is 0 Å². The molecule has 9 nitrogen and oxygen atoms in total. The van der Waals surface area contributed by atoms with Crippen molar-refractivity contribution in [2.75, 3.05) is 19.8 Å². The van der Waals surface area contributed by atoms with Gasteiger partial charge < -0.3 is 14.8 Å². The summed E-state index contributed by atoms with van der Waals surface area (Å²) >= 11 is 0. The number of Topliss-reactive ketones (excluding diaryl/α,β-unsaturated/α-hetero) is 1. The zero-order chi connectivity index (χ0) is 24.9. The Bertz CT molecular complexity index is 747. The second kappa shape index (κ2) is 14.1. The Hall–Kier alpha value is -2.29. The molecule has 33 heavy (non-hydrogen) atoms. The molecule has 0 aliphatic carbocycles. The van der Waals surface area contributed by atoms with Gasteiger partial charge in [-0.3, -0.25) is 19.1 Å². The van der Waals surface area contributed by atoms with E-state index in [-0.39, 0.29) is 55.1 Å². The number of amides is 1. The summed E-state index contributed by atoms with van der Waals surface area (Å²) in [6.07, 6.45) is 4.92. The number of nitrogens with one attached hydrogen (secondary N) is 1. The Kier molecular flexibility index (Phi) is 12.3. The van der Waals surface area contributed by atoms with Gasteiger partial charge in [-0.05, 0) is 30.1 Å². The molecule has 1 amide bonds. The quantitative estimate of drug-likeness (QED) is 0.239. The van der Waals surface area contributed by atoms with Crippen molar-refractivity contribution in [1.82, 2.24) is 20.3 Å². The number of hydrogen-bond donors (Lipinski definition) is 1. The fourth-order valence-corrected chi connectivity index (χ4v) is 2.87. The first-order chi connectivity index (χ1) is 15.3. The highest BCUT2D eigenvalue weighted by Crippen LogP contribution is 2.21. The normalized spacial score (nSPS) is 11.9. The summed E-state index contributed by atoms with van der Waals surface area (Å²) in [4.78, 5) is 35.4. The van der Waals surface area contributed by atoms with Gasteiger partial charge in [0.25, 0.3) is 0 Å². The largest absolute Gasteiger partial charge is 0.463 e. The van der Waals surface area contributed by atoms with Gasteiger partial charge in [0.15, 0.2) is 0 Å². The van der Waals surface area contributed by atoms with Crippen LogP contribution >= 0.6 is 0 Å². The van der Waals surface area contributed by atoms with Crippen LogP contribution in [0, 0.1) is 10.8 Å². The zero-order valence-electron chi connectivity index (χ0n) is 21.2. The molecule has 0 spiro atoms. The molecule has 188 valence electrons. The lowest BCUT2D eigenvalue weighted by molar-refractivity contribution is -0.146. The molecule has 0 saturated carbocycles. The molecule has 0 radical (unpaired) electrons. The first-order valence-corrected chi connectivity index (χ1v) is 11.7. The number of rotatable bonds is 15. The lowest BCUT2D eigenvalue weighted by Gasteiger charge is -2.17. The maximum Gasteiger partial charge on any atom is 0.313 e. The van der Waals surface area contributed by atoms with E-state index in [4.69, 9.17) is 9.47 Å². The van der Waals surface area contributed by atoms with Crippen LogP contribution in [-0.2, 0) is 37.0 Å². The molecule has 1 aromatic heterocycles. The Morgan fingerprint density at radius 3 is 2.36 bits per heavy atom. The van der Waals surface area contributed by atoms with Crippen LogP contribution in [0.1, 0.15) is 85.8 Å². The van der Waals surface area contributed by atoms with Crippen LogP contribution in [0.4, 0.5) is 0 Å². The van der Waals surface area contributed by atoms with Crippen molar-refractivity contribution in [1.29, 1.82) is 0 Å². The zero-order valence-corrected chi connectivity index (χ0v) is 21.2. The molecule has 0 atom stereocenters. The van der Waals surface area contributed by atoms with Gasteiger partial charge in [0.2, 0.25) is 5.91 Å². The predicted octanol–water partition coefficient (Wildman–Crippen LogP) is 3.46. The summed E-state index contributed by atoms with van der Waals surface area (Å²) in [5.74, 6) is -0.860. The number of aromatic nitrogens is 3. The summed E-state index contributed by atoms with van der Waals surface area (Å²) < 4.78 is 12.3. The predicted molar refractivity (Wildman–Crippen MR) is 125 cm³/mol. The fraction of sp³-hybridized carbons (Fsp3) is 0.792. The molecule has 1 rings (SSSR count). The van der Waals surface area contributed by atoms with Gasteiger partial charge in [-0.2, -0.15) is 0 Å². The number of nitrogens with zero attached hydrogens (tertiary/aromatic N) is 3. The molecule has 9 heteroatoms. The van der Waals surface area contributed by atoms with Crippen LogP contribution in [0.2, 0.25) is 0 Å². The summed E-state index contributed by atoms with van der Waals surface area (Å²) in [5, 5.41) is 10.8. The third kappa shape index (κ3) is 16.0. The number of ether oxygens (including phenoxy) is 2. The van der Waals surface area contributed by atoms with Crippen LogP contribution < -0.4 is 5.32 Å². The van der Waals surface area contributed by atoms with Crippen LogP contribution in [0.5, 0.6) is 0 Å². The number of hydrogen-bond acceptors (Lipinski definition) is 7. The first-order valence-electron chi connectivity index (χ1n) is 11.7. The molecular weight excluding hydrogens is 424 g/mol. The standard InChI is InChI=1S/C24H42N4O5/c1-23(2,3)10-7-8-20(29)16-22(31)33-15-12-25-21(30)9-14-32-18-19-17-28(27-26-19)13-11-24(4,5)6/h17H,7-16,18H2,1-6H3,(H,25,30). The minimum atomic E-state index is -0.552. The first kappa shape index (κ1) is 28.7. The molecule has 0 aliphatic rings. The Balaban J connectivity index is 2.06. The lowest BCUT2D eigenvalue weighted by Crippen LogP contribution is -2.29. The van der Waals surface area contributed by atoms with E-state index >= 15 is 0 Å². The van der Waals surface area contributed by atoms with E-state index in [1.165, 1.54) is 0 Å². The molecule has 0 bridgehead atoms. The number of carbonyl (C=O) groups is 3. The highest BCUT2D eigenvalue weighted by molar-refractivity contribution is 5.95. The van der Waals surface area contributed by atoms with Gasteiger partial charge in [0, 0.05) is 19.4 Å². The minimum Gasteiger partial charge on any atom is -0.463 e. The third-order valence-corrected chi connectivity index (χ3v) is 4.81. The Labute approximate surface area is 198 Å². The molecule has 1 heterocycles. The van der Waals surface area contributed by atoms with Crippen molar-refractivity contribution in [3.63, 3.8) is 0 Å². The average Bonchev–Trinajstić information content (AvgIpc) is 3.13. The van der Waals surface area contributed by atoms with Crippen molar-refractivity contribution in [3.05, 3.63) is 11.9 Å². The van der Waals surface area contributed by atoms with Gasteiger partial charge >= 0.3 is 5.97 Å². The SMILES string of the molecule is CC(C)(C)CCCC(=O)CC(=O)OCCNC(=O)CCOCc1cn(CCC(C)(C)C)nn1. The van der Waals surface area contributed by atoms with Gasteiger partial charge in [-0.15, -0.1) is 5.10 Å². The van der Waals surface area contributed by atoms with Gasteiger partial charge in [0.05, 0.1) is 26.0 Å². The molecule has 0 fully saturated rings. The van der Waals surface area contributed by atoms with E-state index in [0.29, 0.717) is 13.0 Å². The van der Waals surface area contributed by atoms with Crippen molar-refractivity contribution in [3.8, 4) is 0 Å². The summed E-state index contributed by atoms with van der Waals surface area (Å²) in [7, 11) is 0. The van der Waals surface area contributed by atoms with E-state index in [9.17, 15) is 14.4 Å². The maximum absolute atomic E-state index is 11.8. The monoisotopic (exact) mass is 466 g/mol. The second-order valence-electron chi connectivity index (χ2n) is 10.8. The van der Waals surface area contributed by atoms with E-state index < -0.39 is 5.97 Å². The van der Waals surface area contributed by atoms with Gasteiger partial charge in [0.1, 0.15) is 24.5 Å². The highest BCUT2D eigenvalue weighted by atomic mass is 16.5. The summed E-state index contributed by atoms with van der Waals surface area (Å²) in [5.41, 5.74) is 1.14. The van der Waals surface area contributed by atoms with E-state index in [1.807, 2.05) is 6.20 Å². The summed E-state index contributed by atoms with van der Waals surface area (Å²) in [6, 6.07) is 0. The van der Waals surface area contributed by atoms with E-state index in [0.717, 1.165) is 31.5 Å². The van der Waals surface area contributed by atoms with Crippen LogP contribution in [0.25, 0.3) is 0 Å². The van der Waals surface area contributed by atoms with Crippen molar-refractivity contribution in [2.24, 2.45) is 10.8 Å². The molecule has 0 unspecified atom stereocenters. The second-order valence-corrected chi connectivity index (χ2v) is 10.8. The van der Waals surface area contributed by atoms with E-state index in [2.05, 4.69) is 57.2 Å². The molecule has 1 aromatic rings. The topological polar surface area (TPSA) is 112 Å². The van der Waals surface area contributed by atoms with Crippen molar-refractivity contribution >= 4 is 17.7 Å². The van der Waals surface area contributed by atoms with Crippen molar-refractivity contribution in [2.45, 2.75) is 93.2 Å². The minimum absolute atomic E-state index is 0.0401. The average molecular weight is 467 g/mol.